The van der Waals surface area contributed by atoms with E-state index in [4.69, 9.17) is 5.73 Å². The van der Waals surface area contributed by atoms with Gasteiger partial charge in [-0.15, -0.1) is 24.8 Å². The Morgan fingerprint density at radius 3 is 2.64 bits per heavy atom. The van der Waals surface area contributed by atoms with Crippen molar-refractivity contribution < 1.29 is 0 Å². The van der Waals surface area contributed by atoms with Gasteiger partial charge in [-0.2, -0.15) is 0 Å². The molecule has 10 heteroatoms. The summed E-state index contributed by atoms with van der Waals surface area (Å²) in [5, 5.41) is 2.94. The predicted molar refractivity (Wildman–Crippen MR) is 99.9 cm³/mol. The van der Waals surface area contributed by atoms with Gasteiger partial charge in [0.2, 0.25) is 0 Å². The second kappa shape index (κ2) is 7.64. The van der Waals surface area contributed by atoms with Crippen molar-refractivity contribution in [3.05, 3.63) is 53.5 Å². The molecular weight excluding hydrogens is 365 g/mol. The molecule has 4 rings (SSSR count). The maximum Gasteiger partial charge on any atom is 0.280 e. The quantitative estimate of drug-likeness (QED) is 0.701. The van der Waals surface area contributed by atoms with E-state index in [2.05, 4.69) is 20.1 Å². The van der Waals surface area contributed by atoms with Gasteiger partial charge in [0.25, 0.3) is 5.56 Å². The van der Waals surface area contributed by atoms with Crippen molar-refractivity contribution in [3.63, 3.8) is 0 Å². The lowest BCUT2D eigenvalue weighted by atomic mass is 10.1. The number of nitrogens with one attached hydrogen (secondary N) is 1. The van der Waals surface area contributed by atoms with E-state index in [9.17, 15) is 4.79 Å². The van der Waals surface area contributed by atoms with Gasteiger partial charge in [0.1, 0.15) is 12.1 Å². The Balaban J connectivity index is 0.00000113. The van der Waals surface area contributed by atoms with Crippen molar-refractivity contribution in [2.24, 2.45) is 5.73 Å². The first-order chi connectivity index (χ1) is 11.2. The number of hydrogen-bond acceptors (Lipinski definition) is 6. The van der Waals surface area contributed by atoms with Gasteiger partial charge in [0.15, 0.2) is 5.82 Å². The lowest BCUT2D eigenvalue weighted by Gasteiger charge is -2.37. The van der Waals surface area contributed by atoms with Crippen LogP contribution in [0.25, 0.3) is 16.9 Å². The summed E-state index contributed by atoms with van der Waals surface area (Å²) in [6.45, 7) is 1.52. The lowest BCUT2D eigenvalue weighted by molar-refractivity contribution is 0.514. The highest BCUT2D eigenvalue weighted by Gasteiger charge is 2.24. The molecule has 25 heavy (non-hydrogen) atoms. The lowest BCUT2D eigenvalue weighted by Crippen LogP contribution is -2.56. The minimum absolute atomic E-state index is 0. The fraction of sp³-hybridized carbons (Fsp3) is 0.200. The van der Waals surface area contributed by atoms with E-state index >= 15 is 0 Å². The number of pyridine rings is 1. The Morgan fingerprint density at radius 2 is 1.96 bits per heavy atom. The topological polar surface area (TPSA) is 106 Å². The van der Waals surface area contributed by atoms with Gasteiger partial charge in [-0.3, -0.25) is 14.9 Å². The van der Waals surface area contributed by atoms with Crippen LogP contribution in [0, 0.1) is 0 Å². The summed E-state index contributed by atoms with van der Waals surface area (Å²) in [6, 6.07) is 5.59. The van der Waals surface area contributed by atoms with Gasteiger partial charge < -0.3 is 10.6 Å². The Kier molecular flexibility index (Phi) is 5.78. The van der Waals surface area contributed by atoms with Crippen molar-refractivity contribution in [2.75, 3.05) is 18.0 Å². The molecular formula is C15H17Cl2N7O. The number of anilines is 1. The van der Waals surface area contributed by atoms with Gasteiger partial charge in [-0.05, 0) is 6.07 Å². The summed E-state index contributed by atoms with van der Waals surface area (Å²) in [5.41, 5.74) is 6.92. The minimum Gasteiger partial charge on any atom is -0.353 e. The SMILES string of the molecule is Cl.Cl.NC1CN(c2cc(-n3[nH]cc(-c4cccnc4)c3=O)ncn2)C1. The number of nitrogens with two attached hydrogens (primary N) is 1. The van der Waals surface area contributed by atoms with Crippen LogP contribution in [-0.4, -0.2) is 43.9 Å². The third kappa shape index (κ3) is 3.51. The Labute approximate surface area is 155 Å². The van der Waals surface area contributed by atoms with Crippen molar-refractivity contribution in [1.82, 2.24) is 24.7 Å². The highest BCUT2D eigenvalue weighted by molar-refractivity contribution is 5.85. The van der Waals surface area contributed by atoms with Crippen molar-refractivity contribution in [1.29, 1.82) is 0 Å². The molecule has 0 aliphatic carbocycles. The molecule has 1 aliphatic rings. The Bertz CT molecular complexity index is 890. The van der Waals surface area contributed by atoms with Crippen LogP contribution < -0.4 is 16.2 Å². The first-order valence-electron chi connectivity index (χ1n) is 7.26. The summed E-state index contributed by atoms with van der Waals surface area (Å²) in [5.74, 6) is 1.26. The highest BCUT2D eigenvalue weighted by Crippen LogP contribution is 2.19. The molecule has 0 spiro atoms. The van der Waals surface area contributed by atoms with Gasteiger partial charge in [0, 0.05) is 49.4 Å². The van der Waals surface area contributed by atoms with E-state index in [1.54, 1.807) is 30.7 Å². The van der Waals surface area contributed by atoms with Crippen molar-refractivity contribution in [3.8, 4) is 16.9 Å². The van der Waals surface area contributed by atoms with Crippen LogP contribution in [0.4, 0.5) is 5.82 Å². The van der Waals surface area contributed by atoms with Crippen LogP contribution in [0.15, 0.2) is 47.9 Å². The third-order valence-electron chi connectivity index (χ3n) is 3.85. The maximum absolute atomic E-state index is 12.6. The largest absolute Gasteiger partial charge is 0.353 e. The molecule has 0 radical (unpaired) electrons. The molecule has 8 nitrogen and oxygen atoms in total. The van der Waals surface area contributed by atoms with Crippen LogP contribution in [0.1, 0.15) is 0 Å². The average molecular weight is 382 g/mol. The standard InChI is InChI=1S/C15H15N7O.2ClH/c16-11-7-21(8-11)13-4-14(19-9-18-13)22-15(23)12(6-20-22)10-2-1-3-17-5-10;;/h1-6,9,11,20H,7-8,16H2;2*1H. The Morgan fingerprint density at radius 1 is 1.20 bits per heavy atom. The molecule has 0 atom stereocenters. The van der Waals surface area contributed by atoms with Gasteiger partial charge in [-0.1, -0.05) is 6.07 Å². The van der Waals surface area contributed by atoms with Crippen LogP contribution in [0.3, 0.4) is 0 Å². The van der Waals surface area contributed by atoms with E-state index in [0.29, 0.717) is 11.4 Å². The maximum atomic E-state index is 12.6. The van der Waals surface area contributed by atoms with Crippen LogP contribution in [-0.2, 0) is 0 Å². The Hall–Kier alpha value is -2.42. The van der Waals surface area contributed by atoms with Crippen LogP contribution in [0.5, 0.6) is 0 Å². The fourth-order valence-electron chi connectivity index (χ4n) is 2.60. The average Bonchev–Trinajstić information content (AvgIpc) is 2.94. The minimum atomic E-state index is -0.178. The number of H-pyrrole nitrogens is 1. The van der Waals surface area contributed by atoms with E-state index in [1.807, 2.05) is 11.0 Å². The van der Waals surface area contributed by atoms with Gasteiger partial charge in [0.05, 0.1) is 5.56 Å². The van der Waals surface area contributed by atoms with Gasteiger partial charge in [-0.25, -0.2) is 14.6 Å². The van der Waals surface area contributed by atoms with E-state index in [-0.39, 0.29) is 36.4 Å². The normalized spacial score (nSPS) is 13.6. The molecule has 1 aliphatic heterocycles. The molecule has 3 N–H and O–H groups in total. The fourth-order valence-corrected chi connectivity index (χ4v) is 2.60. The summed E-state index contributed by atoms with van der Waals surface area (Å²) in [6.07, 6.45) is 6.43. The summed E-state index contributed by atoms with van der Waals surface area (Å²) >= 11 is 0. The zero-order valence-electron chi connectivity index (χ0n) is 13.1. The first-order valence-corrected chi connectivity index (χ1v) is 7.26. The van der Waals surface area contributed by atoms with Gasteiger partial charge >= 0.3 is 0 Å². The van der Waals surface area contributed by atoms with E-state index < -0.39 is 0 Å². The number of halogens is 2. The monoisotopic (exact) mass is 381 g/mol. The van der Waals surface area contributed by atoms with Crippen molar-refractivity contribution in [2.45, 2.75) is 6.04 Å². The second-order valence-corrected chi connectivity index (χ2v) is 5.47. The summed E-state index contributed by atoms with van der Waals surface area (Å²) in [7, 11) is 0. The van der Waals surface area contributed by atoms with Crippen molar-refractivity contribution >= 4 is 30.6 Å². The highest BCUT2D eigenvalue weighted by atomic mass is 35.5. The molecule has 0 amide bonds. The molecule has 0 bridgehead atoms. The number of aromatic amines is 1. The molecule has 0 aromatic carbocycles. The zero-order chi connectivity index (χ0) is 15.8. The summed E-state index contributed by atoms with van der Waals surface area (Å²) < 4.78 is 1.40. The number of rotatable bonds is 3. The molecule has 0 saturated carbocycles. The molecule has 3 aromatic heterocycles. The van der Waals surface area contributed by atoms with Crippen LogP contribution in [0.2, 0.25) is 0 Å². The molecule has 1 saturated heterocycles. The molecule has 3 aromatic rings. The van der Waals surface area contributed by atoms with E-state index in [0.717, 1.165) is 24.5 Å². The van der Waals surface area contributed by atoms with E-state index in [1.165, 1.54) is 11.0 Å². The third-order valence-corrected chi connectivity index (χ3v) is 3.85. The number of hydrogen-bond donors (Lipinski definition) is 2. The molecule has 0 unspecified atom stereocenters. The molecule has 132 valence electrons. The number of nitrogens with zero attached hydrogens (tertiary/aromatic N) is 5. The predicted octanol–water partition coefficient (Wildman–Crippen LogP) is 1.01. The number of aromatic nitrogens is 5. The smallest absolute Gasteiger partial charge is 0.280 e. The first kappa shape index (κ1) is 18.9. The summed E-state index contributed by atoms with van der Waals surface area (Å²) in [4.78, 5) is 27.1. The molecule has 4 heterocycles. The molecule has 1 fully saturated rings. The second-order valence-electron chi connectivity index (χ2n) is 5.47. The zero-order valence-corrected chi connectivity index (χ0v) is 14.7. The van der Waals surface area contributed by atoms with Crippen LogP contribution >= 0.6 is 24.8 Å².